The summed E-state index contributed by atoms with van der Waals surface area (Å²) in [6.07, 6.45) is 1.16. The second-order valence-corrected chi connectivity index (χ2v) is 9.77. The first kappa shape index (κ1) is 27.1. The van der Waals surface area contributed by atoms with E-state index >= 15 is 0 Å². The van der Waals surface area contributed by atoms with E-state index in [9.17, 15) is 9.59 Å². The van der Waals surface area contributed by atoms with Crippen LogP contribution in [0.1, 0.15) is 24.5 Å². The first-order chi connectivity index (χ1) is 16.9. The van der Waals surface area contributed by atoms with E-state index in [-0.39, 0.29) is 25.0 Å². The molecule has 1 N–H and O–H groups in total. The lowest BCUT2D eigenvalue weighted by molar-refractivity contribution is -0.142. The van der Waals surface area contributed by atoms with Crippen molar-refractivity contribution in [3.63, 3.8) is 0 Å². The molecule has 0 aromatic heterocycles. The molecule has 8 heteroatoms. The average molecular weight is 578 g/mol. The lowest BCUT2D eigenvalue weighted by atomic mass is 10.0. The van der Waals surface area contributed by atoms with Gasteiger partial charge in [-0.25, -0.2) is 0 Å². The maximum absolute atomic E-state index is 13.5. The number of nitrogens with zero attached hydrogens (tertiary/aromatic N) is 1. The fourth-order valence-electron chi connectivity index (χ4n) is 3.52. The lowest BCUT2D eigenvalue weighted by Gasteiger charge is -2.31. The van der Waals surface area contributed by atoms with E-state index in [0.717, 1.165) is 22.0 Å². The minimum Gasteiger partial charge on any atom is -0.482 e. The molecule has 184 valence electrons. The molecule has 0 spiro atoms. The molecule has 35 heavy (non-hydrogen) atoms. The normalized spacial score (nSPS) is 11.5. The predicted molar refractivity (Wildman–Crippen MR) is 144 cm³/mol. The summed E-state index contributed by atoms with van der Waals surface area (Å²) >= 11 is 15.7. The first-order valence-electron chi connectivity index (χ1n) is 11.3. The van der Waals surface area contributed by atoms with Crippen molar-refractivity contribution < 1.29 is 14.3 Å². The smallest absolute Gasteiger partial charge is 0.261 e. The summed E-state index contributed by atoms with van der Waals surface area (Å²) in [6, 6.07) is 21.3. The highest BCUT2D eigenvalue weighted by molar-refractivity contribution is 9.10. The molecule has 0 heterocycles. The Morgan fingerprint density at radius 1 is 1.00 bits per heavy atom. The van der Waals surface area contributed by atoms with Crippen LogP contribution in [0.25, 0.3) is 0 Å². The van der Waals surface area contributed by atoms with E-state index in [0.29, 0.717) is 28.8 Å². The number of rotatable bonds is 11. The highest BCUT2D eigenvalue weighted by Crippen LogP contribution is 2.28. The van der Waals surface area contributed by atoms with Gasteiger partial charge in [0, 0.05) is 29.0 Å². The standard InChI is InChI=1S/C27H27BrCl2N2O3/c1-2-14-31-27(34)24(15-19-6-4-3-5-7-19)32(17-20-8-11-22(29)12-9-20)26(33)18-35-25-13-10-21(28)16-23(25)30/h3-13,16,24H,2,14-15,17-18H2,1H3,(H,31,34)/t24-/m1/s1. The maximum Gasteiger partial charge on any atom is 0.261 e. The van der Waals surface area contributed by atoms with Crippen LogP contribution in [0.5, 0.6) is 5.75 Å². The van der Waals surface area contributed by atoms with Crippen LogP contribution in [0.4, 0.5) is 0 Å². The van der Waals surface area contributed by atoms with Crippen molar-refractivity contribution in [2.45, 2.75) is 32.4 Å². The molecule has 5 nitrogen and oxygen atoms in total. The van der Waals surface area contributed by atoms with E-state index in [1.807, 2.05) is 49.4 Å². The Bertz CT molecular complexity index is 1130. The number of nitrogens with one attached hydrogen (secondary N) is 1. The van der Waals surface area contributed by atoms with Crippen LogP contribution in [-0.2, 0) is 22.6 Å². The minimum atomic E-state index is -0.726. The molecular weight excluding hydrogens is 551 g/mol. The van der Waals surface area contributed by atoms with Gasteiger partial charge in [0.2, 0.25) is 5.91 Å². The van der Waals surface area contributed by atoms with Crippen LogP contribution in [0.2, 0.25) is 10.0 Å². The third-order valence-corrected chi connectivity index (χ3v) is 6.37. The van der Waals surface area contributed by atoms with E-state index in [1.54, 1.807) is 35.2 Å². The SMILES string of the molecule is CCCNC(=O)[C@@H](Cc1ccccc1)N(Cc1ccc(Cl)cc1)C(=O)COc1ccc(Br)cc1Cl. The number of benzene rings is 3. The van der Waals surface area contributed by atoms with E-state index in [1.165, 1.54) is 0 Å². The molecule has 0 aliphatic rings. The third-order valence-electron chi connectivity index (χ3n) is 5.33. The highest BCUT2D eigenvalue weighted by atomic mass is 79.9. The fourth-order valence-corrected chi connectivity index (χ4v) is 4.38. The van der Waals surface area contributed by atoms with Crippen molar-refractivity contribution in [1.29, 1.82) is 0 Å². The quantitative estimate of drug-likeness (QED) is 0.291. The molecule has 0 radical (unpaired) electrons. The minimum absolute atomic E-state index is 0.209. The molecule has 2 amide bonds. The molecule has 3 aromatic rings. The predicted octanol–water partition coefficient (Wildman–Crippen LogP) is 6.30. The van der Waals surface area contributed by atoms with E-state index in [2.05, 4.69) is 21.2 Å². The number of carbonyl (C=O) groups excluding carboxylic acids is 2. The number of ether oxygens (including phenoxy) is 1. The Morgan fingerprint density at radius 3 is 2.37 bits per heavy atom. The second-order valence-electron chi connectivity index (χ2n) is 8.01. The van der Waals surface area contributed by atoms with Gasteiger partial charge in [-0.05, 0) is 47.9 Å². The van der Waals surface area contributed by atoms with Gasteiger partial charge < -0.3 is 15.0 Å². The molecule has 0 unspecified atom stereocenters. The Hall–Kier alpha value is -2.54. The van der Waals surface area contributed by atoms with Crippen LogP contribution in [0.3, 0.4) is 0 Å². The van der Waals surface area contributed by atoms with E-state index < -0.39 is 6.04 Å². The van der Waals surface area contributed by atoms with Crippen molar-refractivity contribution in [1.82, 2.24) is 10.2 Å². The number of hydrogen-bond donors (Lipinski definition) is 1. The molecule has 3 rings (SSSR count). The molecule has 0 saturated carbocycles. The molecular formula is C27H27BrCl2N2O3. The molecule has 1 atom stereocenters. The highest BCUT2D eigenvalue weighted by Gasteiger charge is 2.30. The summed E-state index contributed by atoms with van der Waals surface area (Å²) in [4.78, 5) is 28.4. The van der Waals surface area contributed by atoms with Gasteiger partial charge in [0.1, 0.15) is 11.8 Å². The van der Waals surface area contributed by atoms with Crippen LogP contribution in [-0.4, -0.2) is 35.9 Å². The third kappa shape index (κ3) is 8.27. The summed E-state index contributed by atoms with van der Waals surface area (Å²) in [7, 11) is 0. The summed E-state index contributed by atoms with van der Waals surface area (Å²) in [5.74, 6) is -0.143. The fraction of sp³-hybridized carbons (Fsp3) is 0.259. The van der Waals surface area contributed by atoms with Gasteiger partial charge in [0.15, 0.2) is 6.61 Å². The Balaban J connectivity index is 1.89. The molecule has 0 saturated heterocycles. The molecule has 3 aromatic carbocycles. The van der Waals surface area contributed by atoms with Crippen molar-refractivity contribution in [2.75, 3.05) is 13.2 Å². The van der Waals surface area contributed by atoms with Crippen LogP contribution in [0.15, 0.2) is 77.3 Å². The summed E-state index contributed by atoms with van der Waals surface area (Å²) < 4.78 is 6.56. The lowest BCUT2D eigenvalue weighted by Crippen LogP contribution is -2.51. The van der Waals surface area contributed by atoms with Gasteiger partial charge >= 0.3 is 0 Å². The van der Waals surface area contributed by atoms with Crippen LogP contribution < -0.4 is 10.1 Å². The van der Waals surface area contributed by atoms with Crippen LogP contribution >= 0.6 is 39.1 Å². The zero-order valence-corrected chi connectivity index (χ0v) is 22.4. The van der Waals surface area contributed by atoms with Crippen LogP contribution in [0, 0.1) is 0 Å². The van der Waals surface area contributed by atoms with E-state index in [4.69, 9.17) is 27.9 Å². The number of hydrogen-bond acceptors (Lipinski definition) is 3. The zero-order valence-electron chi connectivity index (χ0n) is 19.3. The largest absolute Gasteiger partial charge is 0.482 e. The summed E-state index contributed by atoms with van der Waals surface area (Å²) in [5.41, 5.74) is 1.81. The monoisotopic (exact) mass is 576 g/mol. The van der Waals surface area contributed by atoms with Crippen molar-refractivity contribution >= 4 is 50.9 Å². The van der Waals surface area contributed by atoms with Crippen molar-refractivity contribution in [3.05, 3.63) is 98.4 Å². The number of amides is 2. The molecule has 0 bridgehead atoms. The topological polar surface area (TPSA) is 58.6 Å². The average Bonchev–Trinajstić information content (AvgIpc) is 2.85. The summed E-state index contributed by atoms with van der Waals surface area (Å²) in [5, 5.41) is 3.94. The molecule has 0 fully saturated rings. The van der Waals surface area contributed by atoms with Crippen molar-refractivity contribution in [3.8, 4) is 5.75 Å². The van der Waals surface area contributed by atoms with Gasteiger partial charge in [-0.3, -0.25) is 9.59 Å². The number of carbonyl (C=O) groups is 2. The molecule has 0 aliphatic heterocycles. The van der Waals surface area contributed by atoms with Gasteiger partial charge in [-0.2, -0.15) is 0 Å². The van der Waals surface area contributed by atoms with Gasteiger partial charge in [0.05, 0.1) is 5.02 Å². The van der Waals surface area contributed by atoms with Crippen molar-refractivity contribution in [2.24, 2.45) is 0 Å². The Kier molecular flexibility index (Phi) is 10.5. The first-order valence-corrected chi connectivity index (χ1v) is 12.9. The van der Waals surface area contributed by atoms with Gasteiger partial charge in [-0.15, -0.1) is 0 Å². The Labute approximate surface area is 224 Å². The van der Waals surface area contributed by atoms with Gasteiger partial charge in [0.25, 0.3) is 5.91 Å². The zero-order chi connectivity index (χ0) is 25.2. The Morgan fingerprint density at radius 2 is 1.71 bits per heavy atom. The van der Waals surface area contributed by atoms with Gasteiger partial charge in [-0.1, -0.05) is 88.5 Å². The second kappa shape index (κ2) is 13.5. The summed E-state index contributed by atoms with van der Waals surface area (Å²) in [6.45, 7) is 2.47. The maximum atomic E-state index is 13.5. The number of halogens is 3. The molecule has 0 aliphatic carbocycles.